The molecular formula is C13H21N3O. The molecule has 0 bridgehead atoms. The van der Waals surface area contributed by atoms with Gasteiger partial charge in [-0.3, -0.25) is 0 Å². The van der Waals surface area contributed by atoms with E-state index in [2.05, 4.69) is 24.5 Å². The monoisotopic (exact) mass is 235 g/mol. The van der Waals surface area contributed by atoms with E-state index in [-0.39, 0.29) is 12.1 Å². The highest BCUT2D eigenvalue weighted by Crippen LogP contribution is 2.19. The van der Waals surface area contributed by atoms with Crippen LogP contribution in [-0.4, -0.2) is 12.1 Å². The summed E-state index contributed by atoms with van der Waals surface area (Å²) in [6.45, 7) is 6.06. The van der Waals surface area contributed by atoms with Gasteiger partial charge in [-0.15, -0.1) is 0 Å². The lowest BCUT2D eigenvalue weighted by Crippen LogP contribution is -2.37. The Hall–Kier alpha value is -1.71. The molecule has 0 unspecified atom stereocenters. The zero-order valence-corrected chi connectivity index (χ0v) is 10.7. The molecule has 1 aromatic carbocycles. The van der Waals surface area contributed by atoms with Crippen molar-refractivity contribution in [1.29, 1.82) is 0 Å². The number of urea groups is 1. The van der Waals surface area contributed by atoms with Crippen LogP contribution in [0.4, 0.5) is 16.2 Å². The third-order valence-electron chi connectivity index (χ3n) is 2.78. The highest BCUT2D eigenvalue weighted by molar-refractivity contribution is 5.92. The van der Waals surface area contributed by atoms with Crippen LogP contribution in [0.2, 0.25) is 0 Å². The van der Waals surface area contributed by atoms with E-state index >= 15 is 0 Å². The number of nitrogens with one attached hydrogen (secondary N) is 2. The summed E-state index contributed by atoms with van der Waals surface area (Å²) in [6, 6.07) is 5.59. The molecule has 0 fully saturated rings. The molecule has 0 saturated carbocycles. The molecule has 94 valence electrons. The number of nitrogen functional groups attached to an aromatic ring is 1. The number of anilines is 2. The summed E-state index contributed by atoms with van der Waals surface area (Å²) in [5.74, 6) is 0. The molecule has 2 amide bonds. The van der Waals surface area contributed by atoms with Crippen LogP contribution >= 0.6 is 0 Å². The quantitative estimate of drug-likeness (QED) is 0.702. The van der Waals surface area contributed by atoms with Gasteiger partial charge in [0.15, 0.2) is 0 Å². The average molecular weight is 235 g/mol. The lowest BCUT2D eigenvalue weighted by Gasteiger charge is -2.16. The zero-order valence-electron chi connectivity index (χ0n) is 10.7. The average Bonchev–Trinajstić information content (AvgIpc) is 2.29. The molecule has 17 heavy (non-hydrogen) atoms. The largest absolute Gasteiger partial charge is 0.397 e. The van der Waals surface area contributed by atoms with Crippen LogP contribution in [-0.2, 0) is 0 Å². The Bertz CT molecular complexity index is 386. The zero-order chi connectivity index (χ0) is 12.8. The lowest BCUT2D eigenvalue weighted by molar-refractivity contribution is 0.247. The number of carbonyl (C=O) groups excluding carboxylic acids is 1. The fraction of sp³-hybridized carbons (Fsp3) is 0.462. The molecule has 0 aliphatic rings. The van der Waals surface area contributed by atoms with Gasteiger partial charge in [0.25, 0.3) is 0 Å². The molecule has 0 aromatic heterocycles. The Balaban J connectivity index is 2.62. The van der Waals surface area contributed by atoms with Gasteiger partial charge in [-0.1, -0.05) is 19.9 Å². The van der Waals surface area contributed by atoms with Crippen molar-refractivity contribution >= 4 is 17.4 Å². The van der Waals surface area contributed by atoms with Gasteiger partial charge in [0, 0.05) is 6.04 Å². The number of carbonyl (C=O) groups is 1. The normalized spacial score (nSPS) is 10.4. The SMILES string of the molecule is CCC(CC)NC(=O)Nc1ccc(C)cc1N. The van der Waals surface area contributed by atoms with Gasteiger partial charge >= 0.3 is 6.03 Å². The Labute approximate surface area is 103 Å². The van der Waals surface area contributed by atoms with Crippen molar-refractivity contribution in [3.63, 3.8) is 0 Å². The Morgan fingerprint density at radius 2 is 2.00 bits per heavy atom. The number of amides is 2. The molecule has 1 rings (SSSR count). The van der Waals surface area contributed by atoms with E-state index in [1.807, 2.05) is 25.1 Å². The second kappa shape index (κ2) is 6.13. The van der Waals surface area contributed by atoms with Crippen molar-refractivity contribution in [3.8, 4) is 0 Å². The molecule has 0 aliphatic carbocycles. The van der Waals surface area contributed by atoms with Gasteiger partial charge in [0.05, 0.1) is 11.4 Å². The molecule has 0 heterocycles. The lowest BCUT2D eigenvalue weighted by atomic mass is 10.2. The minimum Gasteiger partial charge on any atom is -0.397 e. The second-order valence-corrected chi connectivity index (χ2v) is 4.20. The highest BCUT2D eigenvalue weighted by atomic mass is 16.2. The van der Waals surface area contributed by atoms with Crippen LogP contribution in [0, 0.1) is 6.92 Å². The van der Waals surface area contributed by atoms with Crippen LogP contribution in [0.5, 0.6) is 0 Å². The Kier molecular flexibility index (Phi) is 4.82. The standard InChI is InChI=1S/C13H21N3O/c1-4-10(5-2)15-13(17)16-12-7-6-9(3)8-11(12)14/h6-8,10H,4-5,14H2,1-3H3,(H2,15,16,17). The van der Waals surface area contributed by atoms with E-state index in [9.17, 15) is 4.79 Å². The Morgan fingerprint density at radius 3 is 2.53 bits per heavy atom. The minimum absolute atomic E-state index is 0.200. The van der Waals surface area contributed by atoms with Crippen molar-refractivity contribution in [2.75, 3.05) is 11.1 Å². The van der Waals surface area contributed by atoms with Crippen molar-refractivity contribution in [1.82, 2.24) is 5.32 Å². The third-order valence-corrected chi connectivity index (χ3v) is 2.78. The summed E-state index contributed by atoms with van der Waals surface area (Å²) in [5.41, 5.74) is 8.14. The van der Waals surface area contributed by atoms with Crippen molar-refractivity contribution in [2.45, 2.75) is 39.7 Å². The van der Waals surface area contributed by atoms with E-state index in [1.54, 1.807) is 0 Å². The summed E-state index contributed by atoms with van der Waals surface area (Å²) < 4.78 is 0. The van der Waals surface area contributed by atoms with Gasteiger partial charge in [0.1, 0.15) is 0 Å². The summed E-state index contributed by atoms with van der Waals surface area (Å²) >= 11 is 0. The number of hydrogen-bond acceptors (Lipinski definition) is 2. The minimum atomic E-state index is -0.200. The number of nitrogens with two attached hydrogens (primary N) is 1. The van der Waals surface area contributed by atoms with E-state index in [0.29, 0.717) is 11.4 Å². The molecule has 0 atom stereocenters. The number of benzene rings is 1. The number of hydrogen-bond donors (Lipinski definition) is 3. The van der Waals surface area contributed by atoms with Gasteiger partial charge < -0.3 is 16.4 Å². The highest BCUT2D eigenvalue weighted by Gasteiger charge is 2.09. The maximum Gasteiger partial charge on any atom is 0.319 e. The topological polar surface area (TPSA) is 67.2 Å². The first kappa shape index (κ1) is 13.4. The molecular weight excluding hydrogens is 214 g/mol. The van der Waals surface area contributed by atoms with Crippen LogP contribution in [0.15, 0.2) is 18.2 Å². The molecule has 0 saturated heterocycles. The first-order valence-electron chi connectivity index (χ1n) is 6.00. The fourth-order valence-electron chi connectivity index (χ4n) is 1.63. The van der Waals surface area contributed by atoms with Gasteiger partial charge in [-0.25, -0.2) is 4.79 Å². The summed E-state index contributed by atoms with van der Waals surface area (Å²) in [6.07, 6.45) is 1.85. The molecule has 4 heteroatoms. The van der Waals surface area contributed by atoms with Crippen molar-refractivity contribution in [3.05, 3.63) is 23.8 Å². The smallest absolute Gasteiger partial charge is 0.319 e. The number of aryl methyl sites for hydroxylation is 1. The van der Waals surface area contributed by atoms with Gasteiger partial charge in [0.2, 0.25) is 0 Å². The van der Waals surface area contributed by atoms with Gasteiger partial charge in [-0.2, -0.15) is 0 Å². The van der Waals surface area contributed by atoms with Crippen LogP contribution in [0.3, 0.4) is 0 Å². The van der Waals surface area contributed by atoms with Crippen molar-refractivity contribution in [2.24, 2.45) is 0 Å². The molecule has 4 nitrogen and oxygen atoms in total. The summed E-state index contributed by atoms with van der Waals surface area (Å²) in [5, 5.41) is 5.66. The van der Waals surface area contributed by atoms with Crippen LogP contribution in [0.1, 0.15) is 32.3 Å². The fourth-order valence-corrected chi connectivity index (χ4v) is 1.63. The van der Waals surface area contributed by atoms with Crippen molar-refractivity contribution < 1.29 is 4.79 Å². The molecule has 0 spiro atoms. The van der Waals surface area contributed by atoms with Crippen LogP contribution in [0.25, 0.3) is 0 Å². The van der Waals surface area contributed by atoms with Gasteiger partial charge in [-0.05, 0) is 37.5 Å². The first-order valence-corrected chi connectivity index (χ1v) is 6.00. The Morgan fingerprint density at radius 1 is 1.35 bits per heavy atom. The second-order valence-electron chi connectivity index (χ2n) is 4.20. The molecule has 1 aromatic rings. The molecule has 4 N–H and O–H groups in total. The summed E-state index contributed by atoms with van der Waals surface area (Å²) in [4.78, 5) is 11.7. The maximum absolute atomic E-state index is 11.7. The first-order chi connectivity index (χ1) is 8.06. The van der Waals surface area contributed by atoms with Crippen LogP contribution < -0.4 is 16.4 Å². The molecule has 0 aliphatic heterocycles. The van der Waals surface area contributed by atoms with E-state index in [0.717, 1.165) is 18.4 Å². The van der Waals surface area contributed by atoms with E-state index in [4.69, 9.17) is 5.73 Å². The predicted molar refractivity (Wildman–Crippen MR) is 72.1 cm³/mol. The maximum atomic E-state index is 11.7. The third kappa shape index (κ3) is 3.98. The van der Waals surface area contributed by atoms with E-state index in [1.165, 1.54) is 0 Å². The number of rotatable bonds is 4. The molecule has 0 radical (unpaired) electrons. The summed E-state index contributed by atoms with van der Waals surface area (Å²) in [7, 11) is 0. The van der Waals surface area contributed by atoms with E-state index < -0.39 is 0 Å². The predicted octanol–water partition coefficient (Wildman–Crippen LogP) is 2.89.